The first-order valence-corrected chi connectivity index (χ1v) is 6.71. The summed E-state index contributed by atoms with van der Waals surface area (Å²) in [5.74, 6) is -0.0872. The smallest absolute Gasteiger partial charge is 0.343 e. The monoisotopic (exact) mass is 298 g/mol. The molecule has 0 fully saturated rings. The molecule has 1 N–H and O–H groups in total. The lowest BCUT2D eigenvalue weighted by Crippen LogP contribution is -2.08. The van der Waals surface area contributed by atoms with Crippen LogP contribution in [-0.4, -0.2) is 11.1 Å². The van der Waals surface area contributed by atoms with Gasteiger partial charge in [-0.15, -0.1) is 0 Å². The van der Waals surface area contributed by atoms with Crippen LogP contribution >= 0.6 is 11.6 Å². The lowest BCUT2D eigenvalue weighted by molar-refractivity contribution is 0.0737. The van der Waals surface area contributed by atoms with E-state index in [0.717, 1.165) is 10.8 Å². The Kier molecular flexibility index (Phi) is 3.50. The Hall–Kier alpha value is -2.52. The summed E-state index contributed by atoms with van der Waals surface area (Å²) < 4.78 is 5.43. The van der Waals surface area contributed by atoms with Gasteiger partial charge in [-0.25, -0.2) is 4.79 Å². The molecular formula is C17H11ClO3. The minimum atomic E-state index is -0.520. The molecule has 0 heterocycles. The van der Waals surface area contributed by atoms with Gasteiger partial charge in [0.05, 0.1) is 10.6 Å². The molecule has 0 amide bonds. The highest BCUT2D eigenvalue weighted by Gasteiger charge is 2.14. The van der Waals surface area contributed by atoms with Crippen molar-refractivity contribution in [1.29, 1.82) is 0 Å². The Morgan fingerprint density at radius 3 is 2.43 bits per heavy atom. The number of esters is 1. The maximum atomic E-state index is 12.2. The number of hydrogen-bond acceptors (Lipinski definition) is 3. The van der Waals surface area contributed by atoms with Gasteiger partial charge >= 0.3 is 5.97 Å². The number of carbonyl (C=O) groups excluding carboxylic acids is 1. The zero-order chi connectivity index (χ0) is 14.8. The number of fused-ring (bicyclic) bond motifs is 1. The fourth-order valence-corrected chi connectivity index (χ4v) is 2.27. The maximum Gasteiger partial charge on any atom is 0.343 e. The molecule has 104 valence electrons. The molecule has 4 heteroatoms. The molecule has 3 aromatic rings. The number of phenolic OH excluding ortho intramolecular Hbond substituents is 1. The molecule has 3 aromatic carbocycles. The first-order valence-electron chi connectivity index (χ1n) is 6.33. The third-order valence-corrected chi connectivity index (χ3v) is 3.43. The van der Waals surface area contributed by atoms with E-state index in [1.165, 1.54) is 24.3 Å². The zero-order valence-electron chi connectivity index (χ0n) is 10.9. The molecule has 3 rings (SSSR count). The average Bonchev–Trinajstić information content (AvgIpc) is 2.51. The molecular weight excluding hydrogens is 288 g/mol. The van der Waals surface area contributed by atoms with Gasteiger partial charge in [0.25, 0.3) is 0 Å². The van der Waals surface area contributed by atoms with Crippen molar-refractivity contribution in [3.63, 3.8) is 0 Å². The number of aromatic hydroxyl groups is 1. The Balaban J connectivity index is 1.99. The van der Waals surface area contributed by atoms with Crippen LogP contribution in [0.25, 0.3) is 10.8 Å². The zero-order valence-corrected chi connectivity index (χ0v) is 11.7. The van der Waals surface area contributed by atoms with E-state index >= 15 is 0 Å². The predicted octanol–water partition coefficient (Wildman–Crippen LogP) is 4.42. The highest BCUT2D eigenvalue weighted by Crippen LogP contribution is 2.33. The molecule has 3 nitrogen and oxygen atoms in total. The number of halogens is 1. The Morgan fingerprint density at radius 1 is 0.952 bits per heavy atom. The van der Waals surface area contributed by atoms with Crippen LogP contribution in [0.1, 0.15) is 10.4 Å². The van der Waals surface area contributed by atoms with Gasteiger partial charge in [-0.3, -0.25) is 0 Å². The molecule has 0 aliphatic rings. The second-order valence-electron chi connectivity index (χ2n) is 4.53. The largest absolute Gasteiger partial charge is 0.508 e. The minimum Gasteiger partial charge on any atom is -0.508 e. The lowest BCUT2D eigenvalue weighted by atomic mass is 10.1. The summed E-state index contributed by atoms with van der Waals surface area (Å²) in [4.78, 5) is 12.2. The minimum absolute atomic E-state index is 0.0924. The van der Waals surface area contributed by atoms with Crippen molar-refractivity contribution in [3.8, 4) is 11.5 Å². The van der Waals surface area contributed by atoms with Gasteiger partial charge in [0.15, 0.2) is 5.75 Å². The fraction of sp³-hybridized carbons (Fsp3) is 0. The van der Waals surface area contributed by atoms with Crippen molar-refractivity contribution in [1.82, 2.24) is 0 Å². The standard InChI is InChI=1S/C17H11ClO3/c18-15-10-7-11-3-1-2-4-14(11)16(15)21-17(20)12-5-8-13(19)9-6-12/h1-10,19H. The summed E-state index contributed by atoms with van der Waals surface area (Å²) in [6, 6.07) is 17.0. The number of phenols is 1. The number of carbonyl (C=O) groups is 1. The van der Waals surface area contributed by atoms with Crippen LogP contribution in [0.4, 0.5) is 0 Å². The van der Waals surface area contributed by atoms with Crippen molar-refractivity contribution >= 4 is 28.3 Å². The second-order valence-corrected chi connectivity index (χ2v) is 4.94. The molecule has 0 atom stereocenters. The Labute approximate surface area is 126 Å². The van der Waals surface area contributed by atoms with Crippen molar-refractivity contribution in [2.24, 2.45) is 0 Å². The summed E-state index contributed by atoms with van der Waals surface area (Å²) in [7, 11) is 0. The normalized spacial score (nSPS) is 10.5. The third-order valence-electron chi connectivity index (χ3n) is 3.13. The quantitative estimate of drug-likeness (QED) is 0.563. The SMILES string of the molecule is O=C(Oc1c(Cl)ccc2ccccc12)c1ccc(O)cc1. The summed E-state index contributed by atoms with van der Waals surface area (Å²) in [6.45, 7) is 0. The average molecular weight is 299 g/mol. The van der Waals surface area contributed by atoms with Gasteiger partial charge in [0.1, 0.15) is 5.75 Å². The predicted molar refractivity (Wildman–Crippen MR) is 82.0 cm³/mol. The molecule has 0 saturated carbocycles. The van der Waals surface area contributed by atoms with Gasteiger partial charge in [-0.1, -0.05) is 41.9 Å². The van der Waals surface area contributed by atoms with Gasteiger partial charge in [-0.2, -0.15) is 0 Å². The number of ether oxygens (including phenoxy) is 1. The van der Waals surface area contributed by atoms with Crippen LogP contribution in [0, 0.1) is 0 Å². The number of rotatable bonds is 2. The number of benzene rings is 3. The van der Waals surface area contributed by atoms with Crippen molar-refractivity contribution < 1.29 is 14.6 Å². The molecule has 0 bridgehead atoms. The van der Waals surface area contributed by atoms with E-state index < -0.39 is 5.97 Å². The summed E-state index contributed by atoms with van der Waals surface area (Å²) >= 11 is 6.14. The summed E-state index contributed by atoms with van der Waals surface area (Å²) in [5.41, 5.74) is 0.344. The van der Waals surface area contributed by atoms with E-state index in [1.807, 2.05) is 30.3 Å². The molecule has 21 heavy (non-hydrogen) atoms. The van der Waals surface area contributed by atoms with Gasteiger partial charge < -0.3 is 9.84 Å². The van der Waals surface area contributed by atoms with Crippen molar-refractivity contribution in [2.75, 3.05) is 0 Å². The van der Waals surface area contributed by atoms with Crippen LogP contribution in [0.3, 0.4) is 0 Å². The molecule has 0 unspecified atom stereocenters. The molecule has 0 aliphatic heterocycles. The first kappa shape index (κ1) is 13.5. The van der Waals surface area contributed by atoms with Crippen molar-refractivity contribution in [2.45, 2.75) is 0 Å². The van der Waals surface area contributed by atoms with Crippen LogP contribution < -0.4 is 4.74 Å². The first-order chi connectivity index (χ1) is 10.1. The lowest BCUT2D eigenvalue weighted by Gasteiger charge is -2.09. The second kappa shape index (κ2) is 5.46. The highest BCUT2D eigenvalue weighted by atomic mass is 35.5. The Morgan fingerprint density at radius 2 is 1.67 bits per heavy atom. The summed E-state index contributed by atoms with van der Waals surface area (Å²) in [5, 5.41) is 11.3. The van der Waals surface area contributed by atoms with E-state index in [4.69, 9.17) is 16.3 Å². The molecule has 0 spiro atoms. The number of hydrogen-bond donors (Lipinski definition) is 1. The molecule has 0 aromatic heterocycles. The van der Waals surface area contributed by atoms with Gasteiger partial charge in [-0.05, 0) is 35.7 Å². The van der Waals surface area contributed by atoms with E-state index in [0.29, 0.717) is 16.3 Å². The van der Waals surface area contributed by atoms with E-state index in [9.17, 15) is 9.90 Å². The Bertz CT molecular complexity index is 810. The van der Waals surface area contributed by atoms with Crippen LogP contribution in [0.2, 0.25) is 5.02 Å². The summed E-state index contributed by atoms with van der Waals surface area (Å²) in [6.07, 6.45) is 0. The van der Waals surface area contributed by atoms with Gasteiger partial charge in [0, 0.05) is 5.39 Å². The fourth-order valence-electron chi connectivity index (χ4n) is 2.07. The van der Waals surface area contributed by atoms with Crippen LogP contribution in [0.5, 0.6) is 11.5 Å². The van der Waals surface area contributed by atoms with Crippen LogP contribution in [0.15, 0.2) is 60.7 Å². The highest BCUT2D eigenvalue weighted by molar-refractivity contribution is 6.33. The van der Waals surface area contributed by atoms with E-state index in [1.54, 1.807) is 6.07 Å². The maximum absolute atomic E-state index is 12.2. The molecule has 0 radical (unpaired) electrons. The van der Waals surface area contributed by atoms with Crippen molar-refractivity contribution in [3.05, 3.63) is 71.2 Å². The van der Waals surface area contributed by atoms with E-state index in [-0.39, 0.29) is 5.75 Å². The third kappa shape index (κ3) is 2.69. The van der Waals surface area contributed by atoms with Crippen LogP contribution in [-0.2, 0) is 0 Å². The molecule has 0 saturated heterocycles. The van der Waals surface area contributed by atoms with Gasteiger partial charge in [0.2, 0.25) is 0 Å². The topological polar surface area (TPSA) is 46.5 Å². The molecule has 0 aliphatic carbocycles. The van der Waals surface area contributed by atoms with E-state index in [2.05, 4.69) is 0 Å².